The highest BCUT2D eigenvalue weighted by Crippen LogP contribution is 2.19. The molecule has 0 saturated heterocycles. The van der Waals surface area contributed by atoms with Crippen molar-refractivity contribution in [2.45, 2.75) is 24.9 Å². The Labute approximate surface area is 126 Å². The van der Waals surface area contributed by atoms with Gasteiger partial charge in [0.2, 0.25) is 10.0 Å². The molecule has 0 aliphatic rings. The fourth-order valence-electron chi connectivity index (χ4n) is 2.13. The van der Waals surface area contributed by atoms with Gasteiger partial charge in [-0.15, -0.1) is 0 Å². The molecule has 0 unspecified atom stereocenters. The van der Waals surface area contributed by atoms with Crippen LogP contribution in [-0.4, -0.2) is 19.8 Å². The molecule has 0 fully saturated rings. The first-order chi connectivity index (χ1) is 9.95. The normalized spacial score (nSPS) is 11.8. The molecule has 0 heterocycles. The van der Waals surface area contributed by atoms with Crippen LogP contribution in [-0.2, 0) is 23.1 Å². The van der Waals surface area contributed by atoms with Crippen LogP contribution in [0.25, 0.3) is 0 Å². The second-order valence-electron chi connectivity index (χ2n) is 5.04. The van der Waals surface area contributed by atoms with Crippen LogP contribution < -0.4 is 5.73 Å². The first-order valence-corrected chi connectivity index (χ1v) is 8.19. The van der Waals surface area contributed by atoms with E-state index in [2.05, 4.69) is 0 Å². The summed E-state index contributed by atoms with van der Waals surface area (Å²) in [5.41, 5.74) is 8.46. The lowest BCUT2D eigenvalue weighted by Crippen LogP contribution is -2.27. The van der Waals surface area contributed by atoms with Gasteiger partial charge in [-0.1, -0.05) is 36.4 Å². The maximum absolute atomic E-state index is 12.6. The van der Waals surface area contributed by atoms with Gasteiger partial charge in [-0.05, 0) is 35.7 Å². The van der Waals surface area contributed by atoms with Gasteiger partial charge in [0.1, 0.15) is 0 Å². The lowest BCUT2D eigenvalue weighted by molar-refractivity contribution is 0.466. The Morgan fingerprint density at radius 3 is 2.48 bits per heavy atom. The van der Waals surface area contributed by atoms with E-state index in [1.807, 2.05) is 37.3 Å². The Hall–Kier alpha value is -1.69. The maximum Gasteiger partial charge on any atom is 0.243 e. The average molecular weight is 304 g/mol. The lowest BCUT2D eigenvalue weighted by atomic mass is 10.1. The van der Waals surface area contributed by atoms with Crippen molar-refractivity contribution in [1.29, 1.82) is 0 Å². The number of aryl methyl sites for hydroxylation is 1. The molecule has 2 aromatic rings. The van der Waals surface area contributed by atoms with E-state index < -0.39 is 10.0 Å². The summed E-state index contributed by atoms with van der Waals surface area (Å²) < 4.78 is 26.6. The minimum absolute atomic E-state index is 0.279. The maximum atomic E-state index is 12.6. The Morgan fingerprint density at radius 1 is 1.10 bits per heavy atom. The minimum Gasteiger partial charge on any atom is -0.326 e. The first kappa shape index (κ1) is 15.7. The largest absolute Gasteiger partial charge is 0.326 e. The highest BCUT2D eigenvalue weighted by Gasteiger charge is 2.21. The monoisotopic (exact) mass is 304 g/mol. The van der Waals surface area contributed by atoms with Crippen molar-refractivity contribution in [2.24, 2.45) is 5.73 Å². The molecule has 0 aliphatic carbocycles. The van der Waals surface area contributed by atoms with E-state index in [9.17, 15) is 8.42 Å². The summed E-state index contributed by atoms with van der Waals surface area (Å²) in [6.07, 6.45) is 0. The van der Waals surface area contributed by atoms with Crippen molar-refractivity contribution in [3.05, 3.63) is 65.2 Å². The van der Waals surface area contributed by atoms with Crippen LogP contribution >= 0.6 is 0 Å². The molecule has 2 aromatic carbocycles. The third-order valence-electron chi connectivity index (χ3n) is 3.50. The number of sulfonamides is 1. The molecule has 112 valence electrons. The number of hydrogen-bond donors (Lipinski definition) is 1. The third-order valence-corrected chi connectivity index (χ3v) is 5.30. The van der Waals surface area contributed by atoms with Crippen molar-refractivity contribution >= 4 is 10.0 Å². The molecule has 5 heteroatoms. The van der Waals surface area contributed by atoms with Crippen LogP contribution in [0, 0.1) is 6.92 Å². The van der Waals surface area contributed by atoms with Gasteiger partial charge in [0.25, 0.3) is 0 Å². The molecule has 0 bridgehead atoms. The SMILES string of the molecule is Cc1ccccc1CN(C)S(=O)(=O)c1cccc(CN)c1. The molecule has 0 amide bonds. The molecule has 2 rings (SSSR count). The van der Waals surface area contributed by atoms with Crippen LogP contribution in [0.2, 0.25) is 0 Å². The van der Waals surface area contributed by atoms with E-state index in [-0.39, 0.29) is 4.90 Å². The van der Waals surface area contributed by atoms with Gasteiger partial charge in [0.15, 0.2) is 0 Å². The average Bonchev–Trinajstić information content (AvgIpc) is 2.49. The van der Waals surface area contributed by atoms with Gasteiger partial charge in [0, 0.05) is 20.1 Å². The second kappa shape index (κ2) is 6.39. The van der Waals surface area contributed by atoms with Crippen LogP contribution in [0.5, 0.6) is 0 Å². The number of hydrogen-bond acceptors (Lipinski definition) is 3. The summed E-state index contributed by atoms with van der Waals surface area (Å²) in [5.74, 6) is 0. The zero-order valence-electron chi connectivity index (χ0n) is 12.3. The van der Waals surface area contributed by atoms with E-state index in [1.54, 1.807) is 25.2 Å². The van der Waals surface area contributed by atoms with Gasteiger partial charge in [0.05, 0.1) is 4.90 Å². The highest BCUT2D eigenvalue weighted by molar-refractivity contribution is 7.89. The summed E-state index contributed by atoms with van der Waals surface area (Å²) in [4.78, 5) is 0.279. The topological polar surface area (TPSA) is 63.4 Å². The molecule has 4 nitrogen and oxygen atoms in total. The Kier molecular flexibility index (Phi) is 4.77. The van der Waals surface area contributed by atoms with Crippen molar-refractivity contribution in [3.63, 3.8) is 0 Å². The molecule has 21 heavy (non-hydrogen) atoms. The third kappa shape index (κ3) is 3.50. The minimum atomic E-state index is -3.51. The Balaban J connectivity index is 2.28. The summed E-state index contributed by atoms with van der Waals surface area (Å²) >= 11 is 0. The molecular weight excluding hydrogens is 284 g/mol. The van der Waals surface area contributed by atoms with E-state index in [4.69, 9.17) is 5.73 Å². The van der Waals surface area contributed by atoms with E-state index in [0.717, 1.165) is 16.7 Å². The van der Waals surface area contributed by atoms with E-state index in [0.29, 0.717) is 13.1 Å². The van der Waals surface area contributed by atoms with Crippen LogP contribution in [0.1, 0.15) is 16.7 Å². The fraction of sp³-hybridized carbons (Fsp3) is 0.250. The Bertz CT molecular complexity index is 727. The molecule has 0 radical (unpaired) electrons. The molecule has 2 N–H and O–H groups in total. The van der Waals surface area contributed by atoms with Crippen molar-refractivity contribution in [3.8, 4) is 0 Å². The predicted molar refractivity (Wildman–Crippen MR) is 84.2 cm³/mol. The van der Waals surface area contributed by atoms with Gasteiger partial charge in [-0.3, -0.25) is 0 Å². The summed E-state index contributed by atoms with van der Waals surface area (Å²) in [6, 6.07) is 14.5. The van der Waals surface area contributed by atoms with Crippen LogP contribution in [0.4, 0.5) is 0 Å². The first-order valence-electron chi connectivity index (χ1n) is 6.75. The molecular formula is C16H20N2O2S. The standard InChI is InChI=1S/C16H20N2O2S/c1-13-6-3-4-8-15(13)12-18(2)21(19,20)16-9-5-7-14(10-16)11-17/h3-10H,11-12,17H2,1-2H3. The second-order valence-corrected chi connectivity index (χ2v) is 7.08. The summed E-state index contributed by atoms with van der Waals surface area (Å²) in [6.45, 7) is 2.65. The number of nitrogens with zero attached hydrogens (tertiary/aromatic N) is 1. The van der Waals surface area contributed by atoms with Gasteiger partial charge >= 0.3 is 0 Å². The highest BCUT2D eigenvalue weighted by atomic mass is 32.2. The zero-order valence-corrected chi connectivity index (χ0v) is 13.1. The predicted octanol–water partition coefficient (Wildman–Crippen LogP) is 2.27. The quantitative estimate of drug-likeness (QED) is 0.921. The molecule has 0 spiro atoms. The smallest absolute Gasteiger partial charge is 0.243 e. The molecule has 0 aliphatic heterocycles. The van der Waals surface area contributed by atoms with E-state index in [1.165, 1.54) is 4.31 Å². The van der Waals surface area contributed by atoms with Gasteiger partial charge in [-0.2, -0.15) is 4.31 Å². The number of rotatable bonds is 5. The molecule has 0 atom stereocenters. The number of nitrogens with two attached hydrogens (primary N) is 1. The van der Waals surface area contributed by atoms with Crippen LogP contribution in [0.3, 0.4) is 0 Å². The van der Waals surface area contributed by atoms with Crippen molar-refractivity contribution in [1.82, 2.24) is 4.31 Å². The number of benzene rings is 2. The summed E-state index contributed by atoms with van der Waals surface area (Å²) in [5, 5.41) is 0. The lowest BCUT2D eigenvalue weighted by Gasteiger charge is -2.18. The fourth-order valence-corrected chi connectivity index (χ4v) is 3.34. The van der Waals surface area contributed by atoms with Gasteiger partial charge in [-0.25, -0.2) is 8.42 Å². The van der Waals surface area contributed by atoms with E-state index >= 15 is 0 Å². The van der Waals surface area contributed by atoms with Crippen molar-refractivity contribution < 1.29 is 8.42 Å². The molecule has 0 aromatic heterocycles. The van der Waals surface area contributed by atoms with Crippen LogP contribution in [0.15, 0.2) is 53.4 Å². The molecule has 0 saturated carbocycles. The van der Waals surface area contributed by atoms with Gasteiger partial charge < -0.3 is 5.73 Å². The van der Waals surface area contributed by atoms with Crippen molar-refractivity contribution in [2.75, 3.05) is 7.05 Å². The summed E-state index contributed by atoms with van der Waals surface area (Å²) in [7, 11) is -1.91. The Morgan fingerprint density at radius 2 is 1.81 bits per heavy atom. The zero-order chi connectivity index (χ0) is 15.5.